The first kappa shape index (κ1) is 27.6. The van der Waals surface area contributed by atoms with Gasteiger partial charge >= 0.3 is 11.9 Å². The SMILES string of the molecule is CCCCCCCCCCOC(=O)CCCCCCCCC(=O)OC(C)C(C)=O. The minimum atomic E-state index is -0.641. The molecular formula is C24H44O5. The van der Waals surface area contributed by atoms with E-state index in [9.17, 15) is 14.4 Å². The van der Waals surface area contributed by atoms with Crippen LogP contribution < -0.4 is 0 Å². The van der Waals surface area contributed by atoms with Crippen LogP contribution in [0.3, 0.4) is 0 Å². The van der Waals surface area contributed by atoms with Crippen molar-refractivity contribution in [3.8, 4) is 0 Å². The van der Waals surface area contributed by atoms with Crippen molar-refractivity contribution in [1.82, 2.24) is 0 Å². The van der Waals surface area contributed by atoms with Gasteiger partial charge < -0.3 is 9.47 Å². The van der Waals surface area contributed by atoms with E-state index >= 15 is 0 Å². The van der Waals surface area contributed by atoms with Crippen LogP contribution in [0.15, 0.2) is 0 Å². The summed E-state index contributed by atoms with van der Waals surface area (Å²) in [5.41, 5.74) is 0. The van der Waals surface area contributed by atoms with Gasteiger partial charge in [-0.2, -0.15) is 0 Å². The quantitative estimate of drug-likeness (QED) is 0.173. The lowest BCUT2D eigenvalue weighted by Gasteiger charge is -2.09. The number of carbonyl (C=O) groups excluding carboxylic acids is 3. The van der Waals surface area contributed by atoms with Crippen LogP contribution in [0.25, 0.3) is 0 Å². The summed E-state index contributed by atoms with van der Waals surface area (Å²) >= 11 is 0. The third-order valence-electron chi connectivity index (χ3n) is 5.15. The van der Waals surface area contributed by atoms with Crippen molar-refractivity contribution in [3.63, 3.8) is 0 Å². The molecule has 0 fully saturated rings. The van der Waals surface area contributed by atoms with Crippen LogP contribution in [0.5, 0.6) is 0 Å². The van der Waals surface area contributed by atoms with Crippen LogP contribution in [0.1, 0.15) is 124 Å². The summed E-state index contributed by atoms with van der Waals surface area (Å²) in [7, 11) is 0. The highest BCUT2D eigenvalue weighted by Gasteiger charge is 2.12. The van der Waals surface area contributed by atoms with E-state index in [1.807, 2.05) is 0 Å². The summed E-state index contributed by atoms with van der Waals surface area (Å²) in [5, 5.41) is 0. The van der Waals surface area contributed by atoms with Crippen LogP contribution in [0, 0.1) is 0 Å². The topological polar surface area (TPSA) is 69.7 Å². The summed E-state index contributed by atoms with van der Waals surface area (Å²) in [6, 6.07) is 0. The zero-order chi connectivity index (χ0) is 21.7. The Morgan fingerprint density at radius 2 is 1.10 bits per heavy atom. The lowest BCUT2D eigenvalue weighted by Crippen LogP contribution is -2.21. The van der Waals surface area contributed by atoms with Gasteiger partial charge in [0.1, 0.15) is 0 Å². The molecule has 1 atom stereocenters. The number of hydrogen-bond donors (Lipinski definition) is 0. The second-order valence-electron chi connectivity index (χ2n) is 8.06. The van der Waals surface area contributed by atoms with Crippen LogP contribution in [0.2, 0.25) is 0 Å². The molecule has 5 nitrogen and oxygen atoms in total. The molecule has 0 N–H and O–H groups in total. The number of rotatable bonds is 20. The molecule has 0 aliphatic rings. The highest BCUT2D eigenvalue weighted by molar-refractivity contribution is 5.83. The molecule has 29 heavy (non-hydrogen) atoms. The minimum absolute atomic E-state index is 0.0738. The lowest BCUT2D eigenvalue weighted by molar-refractivity contribution is -0.153. The van der Waals surface area contributed by atoms with Crippen LogP contribution >= 0.6 is 0 Å². The van der Waals surface area contributed by atoms with Gasteiger partial charge in [0.2, 0.25) is 0 Å². The highest BCUT2D eigenvalue weighted by atomic mass is 16.5. The van der Waals surface area contributed by atoms with E-state index in [2.05, 4.69) is 6.92 Å². The Hall–Kier alpha value is -1.39. The summed E-state index contributed by atoms with van der Waals surface area (Å²) in [4.78, 5) is 34.3. The smallest absolute Gasteiger partial charge is 0.306 e. The molecule has 5 heteroatoms. The average molecular weight is 413 g/mol. The zero-order valence-corrected chi connectivity index (χ0v) is 19.1. The predicted octanol–water partition coefficient (Wildman–Crippen LogP) is 6.31. The number of ether oxygens (including phenoxy) is 2. The van der Waals surface area contributed by atoms with Gasteiger partial charge in [-0.25, -0.2) is 0 Å². The number of carbonyl (C=O) groups is 3. The molecule has 0 bridgehead atoms. The van der Waals surface area contributed by atoms with Crippen LogP contribution in [0.4, 0.5) is 0 Å². The Kier molecular flexibility index (Phi) is 19.0. The first-order chi connectivity index (χ1) is 14.0. The largest absolute Gasteiger partial charge is 0.466 e. The molecule has 0 aromatic rings. The summed E-state index contributed by atoms with van der Waals surface area (Å²) in [5.74, 6) is -0.503. The third kappa shape index (κ3) is 19.7. The van der Waals surface area contributed by atoms with Crippen LogP contribution in [-0.2, 0) is 23.9 Å². The van der Waals surface area contributed by atoms with E-state index in [0.717, 1.165) is 51.4 Å². The van der Waals surface area contributed by atoms with E-state index in [4.69, 9.17) is 9.47 Å². The van der Waals surface area contributed by atoms with E-state index in [1.54, 1.807) is 6.92 Å². The number of esters is 2. The molecule has 170 valence electrons. The van der Waals surface area contributed by atoms with Crippen molar-refractivity contribution in [2.45, 2.75) is 130 Å². The van der Waals surface area contributed by atoms with Crippen LogP contribution in [-0.4, -0.2) is 30.4 Å². The average Bonchev–Trinajstić information content (AvgIpc) is 2.68. The van der Waals surface area contributed by atoms with Gasteiger partial charge in [0.25, 0.3) is 0 Å². The Morgan fingerprint density at radius 3 is 1.62 bits per heavy atom. The van der Waals surface area contributed by atoms with E-state index < -0.39 is 6.10 Å². The molecule has 0 heterocycles. The normalized spacial score (nSPS) is 11.8. The van der Waals surface area contributed by atoms with Gasteiger partial charge in [-0.05, 0) is 33.1 Å². The molecule has 0 saturated heterocycles. The van der Waals surface area contributed by atoms with Gasteiger partial charge in [-0.3, -0.25) is 14.4 Å². The Balaban J connectivity index is 3.33. The third-order valence-corrected chi connectivity index (χ3v) is 5.15. The maximum atomic E-state index is 11.7. The molecule has 0 aliphatic heterocycles. The molecule has 0 spiro atoms. The highest BCUT2D eigenvalue weighted by Crippen LogP contribution is 2.11. The van der Waals surface area contributed by atoms with E-state index in [0.29, 0.717) is 19.4 Å². The lowest BCUT2D eigenvalue weighted by atomic mass is 10.1. The standard InChI is InChI=1S/C24H44O5/c1-4-5-6-7-8-11-14-17-20-28-23(26)18-15-12-9-10-13-16-19-24(27)29-22(3)21(2)25/h22H,4-20H2,1-3H3. The Morgan fingerprint density at radius 1 is 0.655 bits per heavy atom. The number of Topliss-reactive ketones (excluding diaryl/α,β-unsaturated/α-hetero) is 1. The monoisotopic (exact) mass is 412 g/mol. The number of hydrogen-bond acceptors (Lipinski definition) is 5. The number of ketones is 1. The Bertz CT molecular complexity index is 433. The van der Waals surface area contributed by atoms with Crippen molar-refractivity contribution in [1.29, 1.82) is 0 Å². The fourth-order valence-corrected chi connectivity index (χ4v) is 3.08. The van der Waals surface area contributed by atoms with Crippen molar-refractivity contribution < 1.29 is 23.9 Å². The molecule has 1 unspecified atom stereocenters. The van der Waals surface area contributed by atoms with Crippen molar-refractivity contribution in [2.24, 2.45) is 0 Å². The molecule has 0 aromatic heterocycles. The maximum Gasteiger partial charge on any atom is 0.306 e. The maximum absolute atomic E-state index is 11.7. The summed E-state index contributed by atoms with van der Waals surface area (Å²) in [6.07, 6.45) is 15.9. The van der Waals surface area contributed by atoms with E-state index in [1.165, 1.54) is 45.4 Å². The van der Waals surface area contributed by atoms with Gasteiger partial charge in [0.15, 0.2) is 11.9 Å². The minimum Gasteiger partial charge on any atom is -0.466 e. The fourth-order valence-electron chi connectivity index (χ4n) is 3.08. The molecule has 0 radical (unpaired) electrons. The molecular weight excluding hydrogens is 368 g/mol. The molecule has 0 aliphatic carbocycles. The van der Waals surface area contributed by atoms with E-state index in [-0.39, 0.29) is 17.7 Å². The van der Waals surface area contributed by atoms with Gasteiger partial charge in [0, 0.05) is 12.8 Å². The first-order valence-corrected chi connectivity index (χ1v) is 11.8. The number of unbranched alkanes of at least 4 members (excludes halogenated alkanes) is 12. The van der Waals surface area contributed by atoms with Crippen molar-refractivity contribution >= 4 is 17.7 Å². The molecule has 0 saturated carbocycles. The molecule has 0 aromatic carbocycles. The Labute approximate surface area is 178 Å². The van der Waals surface area contributed by atoms with Gasteiger partial charge in [-0.15, -0.1) is 0 Å². The van der Waals surface area contributed by atoms with Crippen molar-refractivity contribution in [2.75, 3.05) is 6.61 Å². The second-order valence-corrected chi connectivity index (χ2v) is 8.06. The fraction of sp³-hybridized carbons (Fsp3) is 0.875. The molecule has 0 rings (SSSR count). The van der Waals surface area contributed by atoms with Gasteiger partial charge in [-0.1, -0.05) is 77.6 Å². The summed E-state index contributed by atoms with van der Waals surface area (Å²) in [6.45, 7) is 5.81. The summed E-state index contributed by atoms with van der Waals surface area (Å²) < 4.78 is 10.3. The predicted molar refractivity (Wildman–Crippen MR) is 117 cm³/mol. The first-order valence-electron chi connectivity index (χ1n) is 11.8. The van der Waals surface area contributed by atoms with Crippen molar-refractivity contribution in [3.05, 3.63) is 0 Å². The van der Waals surface area contributed by atoms with Gasteiger partial charge in [0.05, 0.1) is 6.61 Å². The second kappa shape index (κ2) is 19.9. The zero-order valence-electron chi connectivity index (χ0n) is 19.1. The molecule has 0 amide bonds.